The van der Waals surface area contributed by atoms with E-state index in [4.69, 9.17) is 4.74 Å². The maximum Gasteiger partial charge on any atom is 0.343 e. The summed E-state index contributed by atoms with van der Waals surface area (Å²) in [5, 5.41) is 0. The van der Waals surface area contributed by atoms with Crippen molar-refractivity contribution in [2.45, 2.75) is 13.3 Å². The standard InChI is InChI=1S/C20H16FNO2/c1-2-14-3-12-19(22-13-14)15-4-6-16(7-5-15)20(23)24-18-10-8-17(21)9-11-18/h3-13H,2H2,1H3. The second-order valence-corrected chi connectivity index (χ2v) is 5.33. The zero-order valence-electron chi connectivity index (χ0n) is 13.2. The van der Waals surface area contributed by atoms with Gasteiger partial charge >= 0.3 is 5.97 Å². The molecule has 3 nitrogen and oxygen atoms in total. The Morgan fingerprint density at radius 1 is 1.00 bits per heavy atom. The monoisotopic (exact) mass is 321 g/mol. The highest BCUT2D eigenvalue weighted by Crippen LogP contribution is 2.19. The van der Waals surface area contributed by atoms with E-state index in [0.29, 0.717) is 11.3 Å². The number of benzene rings is 2. The molecule has 120 valence electrons. The number of carbonyl (C=O) groups is 1. The highest BCUT2D eigenvalue weighted by molar-refractivity contribution is 5.91. The minimum absolute atomic E-state index is 0.308. The number of esters is 1. The van der Waals surface area contributed by atoms with Crippen molar-refractivity contribution in [2.24, 2.45) is 0 Å². The molecule has 0 atom stereocenters. The quantitative estimate of drug-likeness (QED) is 0.518. The number of hydrogen-bond donors (Lipinski definition) is 0. The van der Waals surface area contributed by atoms with Crippen LogP contribution >= 0.6 is 0 Å². The Bertz CT molecular complexity index is 825. The molecule has 0 aliphatic heterocycles. The molecular formula is C20H16FNO2. The number of aromatic nitrogens is 1. The van der Waals surface area contributed by atoms with E-state index in [-0.39, 0.29) is 5.82 Å². The lowest BCUT2D eigenvalue weighted by Gasteiger charge is -2.06. The van der Waals surface area contributed by atoms with Crippen LogP contribution in [-0.4, -0.2) is 11.0 Å². The Hall–Kier alpha value is -3.01. The summed E-state index contributed by atoms with van der Waals surface area (Å²) in [7, 11) is 0. The van der Waals surface area contributed by atoms with Crippen molar-refractivity contribution in [3.8, 4) is 17.0 Å². The molecule has 2 aromatic carbocycles. The molecule has 0 aliphatic carbocycles. The summed E-state index contributed by atoms with van der Waals surface area (Å²) < 4.78 is 18.1. The van der Waals surface area contributed by atoms with Gasteiger partial charge in [0.25, 0.3) is 0 Å². The van der Waals surface area contributed by atoms with Crippen LogP contribution in [0.5, 0.6) is 5.75 Å². The fourth-order valence-corrected chi connectivity index (χ4v) is 2.25. The molecule has 3 aromatic rings. The first kappa shape index (κ1) is 15.9. The third-order valence-electron chi connectivity index (χ3n) is 3.67. The summed E-state index contributed by atoms with van der Waals surface area (Å²) >= 11 is 0. The van der Waals surface area contributed by atoms with Crippen molar-refractivity contribution in [2.75, 3.05) is 0 Å². The molecule has 0 saturated heterocycles. The molecule has 0 spiro atoms. The second kappa shape index (κ2) is 7.04. The van der Waals surface area contributed by atoms with Crippen LogP contribution < -0.4 is 4.74 Å². The normalized spacial score (nSPS) is 10.4. The van der Waals surface area contributed by atoms with Crippen molar-refractivity contribution in [1.82, 2.24) is 4.98 Å². The average molecular weight is 321 g/mol. The number of carbonyl (C=O) groups excluding carboxylic acids is 1. The molecule has 3 rings (SSSR count). The zero-order chi connectivity index (χ0) is 16.9. The molecule has 0 aliphatic rings. The predicted molar refractivity (Wildman–Crippen MR) is 90.4 cm³/mol. The average Bonchev–Trinajstić information content (AvgIpc) is 2.64. The summed E-state index contributed by atoms with van der Waals surface area (Å²) in [4.78, 5) is 16.5. The van der Waals surface area contributed by atoms with Gasteiger partial charge in [-0.25, -0.2) is 9.18 Å². The van der Waals surface area contributed by atoms with Crippen LogP contribution in [0.1, 0.15) is 22.8 Å². The van der Waals surface area contributed by atoms with Gasteiger partial charge in [0.1, 0.15) is 11.6 Å². The van der Waals surface area contributed by atoms with Crippen LogP contribution in [0.15, 0.2) is 66.9 Å². The van der Waals surface area contributed by atoms with Crippen LogP contribution in [-0.2, 0) is 6.42 Å². The predicted octanol–water partition coefficient (Wildman–Crippen LogP) is 4.67. The summed E-state index contributed by atoms with van der Waals surface area (Å²) in [5.74, 6) is -0.550. The Labute approximate surface area is 139 Å². The van der Waals surface area contributed by atoms with Gasteiger partial charge in [0.05, 0.1) is 11.3 Å². The Morgan fingerprint density at radius 3 is 2.29 bits per heavy atom. The van der Waals surface area contributed by atoms with Crippen LogP contribution in [0, 0.1) is 5.82 Å². The Kier molecular flexibility index (Phi) is 4.66. The smallest absolute Gasteiger partial charge is 0.343 e. The van der Waals surface area contributed by atoms with Gasteiger partial charge in [-0.1, -0.05) is 25.1 Å². The lowest BCUT2D eigenvalue weighted by atomic mass is 10.1. The molecule has 0 radical (unpaired) electrons. The van der Waals surface area contributed by atoms with Crippen LogP contribution in [0.3, 0.4) is 0 Å². The third-order valence-corrected chi connectivity index (χ3v) is 3.67. The van der Waals surface area contributed by atoms with E-state index in [0.717, 1.165) is 17.7 Å². The van der Waals surface area contributed by atoms with E-state index in [2.05, 4.69) is 11.9 Å². The van der Waals surface area contributed by atoms with Crippen molar-refractivity contribution in [1.29, 1.82) is 0 Å². The van der Waals surface area contributed by atoms with Gasteiger partial charge in [0.15, 0.2) is 0 Å². The van der Waals surface area contributed by atoms with E-state index >= 15 is 0 Å². The minimum Gasteiger partial charge on any atom is -0.423 e. The molecule has 4 heteroatoms. The highest BCUT2D eigenvalue weighted by atomic mass is 19.1. The molecule has 24 heavy (non-hydrogen) atoms. The summed E-state index contributed by atoms with van der Waals surface area (Å²) in [6.07, 6.45) is 2.80. The van der Waals surface area contributed by atoms with E-state index < -0.39 is 5.97 Å². The number of aryl methyl sites for hydroxylation is 1. The maximum atomic E-state index is 12.9. The van der Waals surface area contributed by atoms with E-state index in [1.165, 1.54) is 29.8 Å². The lowest BCUT2D eigenvalue weighted by molar-refractivity contribution is 0.0734. The molecule has 0 unspecified atom stereocenters. The van der Waals surface area contributed by atoms with Gasteiger partial charge in [-0.3, -0.25) is 4.98 Å². The Morgan fingerprint density at radius 2 is 1.71 bits per heavy atom. The van der Waals surface area contributed by atoms with Crippen molar-refractivity contribution in [3.05, 3.63) is 83.8 Å². The molecule has 1 aromatic heterocycles. The van der Waals surface area contributed by atoms with E-state index in [1.807, 2.05) is 30.5 Å². The minimum atomic E-state index is -0.484. The molecule has 0 amide bonds. The first-order chi connectivity index (χ1) is 11.7. The molecule has 0 saturated carbocycles. The number of halogens is 1. The van der Waals surface area contributed by atoms with Gasteiger partial charge in [-0.2, -0.15) is 0 Å². The molecular weight excluding hydrogens is 305 g/mol. The fraction of sp³-hybridized carbons (Fsp3) is 0.100. The van der Waals surface area contributed by atoms with Crippen molar-refractivity contribution < 1.29 is 13.9 Å². The van der Waals surface area contributed by atoms with Crippen LogP contribution in [0.4, 0.5) is 4.39 Å². The van der Waals surface area contributed by atoms with Gasteiger partial charge in [0.2, 0.25) is 0 Å². The second-order valence-electron chi connectivity index (χ2n) is 5.33. The number of nitrogens with zero attached hydrogens (tertiary/aromatic N) is 1. The first-order valence-corrected chi connectivity index (χ1v) is 7.69. The van der Waals surface area contributed by atoms with Gasteiger partial charge in [-0.05, 0) is 54.4 Å². The number of hydrogen-bond acceptors (Lipinski definition) is 3. The van der Waals surface area contributed by atoms with Crippen LogP contribution in [0.25, 0.3) is 11.3 Å². The number of pyridine rings is 1. The first-order valence-electron chi connectivity index (χ1n) is 7.69. The number of rotatable bonds is 4. The maximum absolute atomic E-state index is 12.9. The third kappa shape index (κ3) is 3.66. The molecule has 0 fully saturated rings. The summed E-state index contributed by atoms with van der Waals surface area (Å²) in [6, 6.07) is 16.4. The highest BCUT2D eigenvalue weighted by Gasteiger charge is 2.09. The van der Waals surface area contributed by atoms with E-state index in [9.17, 15) is 9.18 Å². The van der Waals surface area contributed by atoms with E-state index in [1.54, 1.807) is 12.1 Å². The van der Waals surface area contributed by atoms with Crippen molar-refractivity contribution in [3.63, 3.8) is 0 Å². The van der Waals surface area contributed by atoms with Gasteiger partial charge in [0, 0.05) is 11.8 Å². The molecule has 1 heterocycles. The Balaban J connectivity index is 1.73. The SMILES string of the molecule is CCc1ccc(-c2ccc(C(=O)Oc3ccc(F)cc3)cc2)nc1. The fourth-order valence-electron chi connectivity index (χ4n) is 2.25. The zero-order valence-corrected chi connectivity index (χ0v) is 13.2. The summed E-state index contributed by atoms with van der Waals surface area (Å²) in [5.41, 5.74) is 3.38. The van der Waals surface area contributed by atoms with Crippen molar-refractivity contribution >= 4 is 5.97 Å². The van der Waals surface area contributed by atoms with Crippen LogP contribution in [0.2, 0.25) is 0 Å². The number of ether oxygens (including phenoxy) is 1. The van der Waals surface area contributed by atoms with Gasteiger partial charge < -0.3 is 4.74 Å². The largest absolute Gasteiger partial charge is 0.423 e. The lowest BCUT2D eigenvalue weighted by Crippen LogP contribution is -2.08. The summed E-state index contributed by atoms with van der Waals surface area (Å²) in [6.45, 7) is 2.08. The topological polar surface area (TPSA) is 39.2 Å². The van der Waals surface area contributed by atoms with Gasteiger partial charge in [-0.15, -0.1) is 0 Å². The molecule has 0 N–H and O–H groups in total. The molecule has 0 bridgehead atoms.